The molecule has 0 aliphatic carbocycles. The van der Waals surface area contributed by atoms with Crippen LogP contribution in [0.5, 0.6) is 0 Å². The minimum absolute atomic E-state index is 0.0945. The molecular weight excluding hydrogens is 315 g/mol. The summed E-state index contributed by atoms with van der Waals surface area (Å²) < 4.78 is 20.2. The van der Waals surface area contributed by atoms with Gasteiger partial charge in [-0.05, 0) is 31.5 Å². The summed E-state index contributed by atoms with van der Waals surface area (Å²) in [5.74, 6) is -0.297. The quantitative estimate of drug-likeness (QED) is 0.716. The zero-order valence-electron chi connectivity index (χ0n) is 13.0. The topological polar surface area (TPSA) is 44.1 Å². The zero-order chi connectivity index (χ0) is 16.4. The van der Waals surface area contributed by atoms with Gasteiger partial charge in [0.15, 0.2) is 0 Å². The Kier molecular flexibility index (Phi) is 4.54. The molecule has 0 unspecified atom stereocenters. The average molecular weight is 332 g/mol. The maximum absolute atomic E-state index is 13.1. The lowest BCUT2D eigenvalue weighted by molar-refractivity contribution is 0.0722. The van der Waals surface area contributed by atoms with E-state index in [0.29, 0.717) is 23.4 Å². The highest BCUT2D eigenvalue weighted by Crippen LogP contribution is 2.30. The second-order valence-electron chi connectivity index (χ2n) is 5.50. The van der Waals surface area contributed by atoms with Crippen molar-refractivity contribution in [2.75, 3.05) is 6.61 Å². The molecule has 0 aliphatic rings. The molecule has 1 aromatic carbocycles. The van der Waals surface area contributed by atoms with Crippen molar-refractivity contribution in [2.24, 2.45) is 0 Å². The standard InChI is InChI=1S/C17H17FN2O2S/c1-11(2)22-8-7-20-10-19-16-15(17(20)21)14(9-23-16)12-3-5-13(18)6-4-12/h3-6,9-11H,7-8H2,1-2H3. The predicted octanol–water partition coefficient (Wildman–Crippen LogP) is 3.69. The van der Waals surface area contributed by atoms with Gasteiger partial charge in [-0.25, -0.2) is 9.37 Å². The summed E-state index contributed by atoms with van der Waals surface area (Å²) >= 11 is 1.42. The third kappa shape index (κ3) is 3.33. The number of fused-ring (bicyclic) bond motifs is 1. The summed E-state index contributed by atoms with van der Waals surface area (Å²) in [6.07, 6.45) is 1.68. The first-order chi connectivity index (χ1) is 11.1. The fourth-order valence-corrected chi connectivity index (χ4v) is 3.26. The van der Waals surface area contributed by atoms with E-state index in [-0.39, 0.29) is 17.5 Å². The van der Waals surface area contributed by atoms with Gasteiger partial charge in [-0.15, -0.1) is 11.3 Å². The molecule has 0 atom stereocenters. The van der Waals surface area contributed by atoms with Gasteiger partial charge in [0.25, 0.3) is 5.56 Å². The van der Waals surface area contributed by atoms with E-state index < -0.39 is 0 Å². The molecule has 0 radical (unpaired) electrons. The summed E-state index contributed by atoms with van der Waals surface area (Å²) in [5.41, 5.74) is 1.51. The lowest BCUT2D eigenvalue weighted by atomic mass is 10.1. The lowest BCUT2D eigenvalue weighted by Crippen LogP contribution is -2.23. The van der Waals surface area contributed by atoms with Crippen molar-refractivity contribution < 1.29 is 9.13 Å². The molecule has 3 aromatic rings. The minimum atomic E-state index is -0.297. The van der Waals surface area contributed by atoms with Crippen LogP contribution in [0.4, 0.5) is 4.39 Å². The molecule has 0 N–H and O–H groups in total. The normalized spacial score (nSPS) is 11.5. The number of ether oxygens (including phenoxy) is 1. The summed E-state index contributed by atoms with van der Waals surface area (Å²) in [6.45, 7) is 4.82. The Morgan fingerprint density at radius 3 is 2.74 bits per heavy atom. The zero-order valence-corrected chi connectivity index (χ0v) is 13.8. The fraction of sp³-hybridized carbons (Fsp3) is 0.294. The Morgan fingerprint density at radius 1 is 1.30 bits per heavy atom. The molecule has 0 spiro atoms. The van der Waals surface area contributed by atoms with Crippen LogP contribution in [0.2, 0.25) is 0 Å². The van der Waals surface area contributed by atoms with Crippen molar-refractivity contribution in [3.63, 3.8) is 0 Å². The number of halogens is 1. The average Bonchev–Trinajstić information content (AvgIpc) is 2.95. The summed E-state index contributed by atoms with van der Waals surface area (Å²) in [7, 11) is 0. The molecule has 0 saturated heterocycles. The van der Waals surface area contributed by atoms with E-state index >= 15 is 0 Å². The third-order valence-electron chi connectivity index (χ3n) is 3.50. The van der Waals surface area contributed by atoms with Gasteiger partial charge in [-0.2, -0.15) is 0 Å². The highest BCUT2D eigenvalue weighted by molar-refractivity contribution is 7.17. The van der Waals surface area contributed by atoms with E-state index in [0.717, 1.165) is 11.1 Å². The lowest BCUT2D eigenvalue weighted by Gasteiger charge is -2.09. The van der Waals surface area contributed by atoms with Crippen molar-refractivity contribution in [2.45, 2.75) is 26.5 Å². The molecule has 4 nitrogen and oxygen atoms in total. The highest BCUT2D eigenvalue weighted by atomic mass is 32.1. The van der Waals surface area contributed by atoms with Crippen molar-refractivity contribution >= 4 is 21.6 Å². The largest absolute Gasteiger partial charge is 0.377 e. The number of benzene rings is 1. The van der Waals surface area contributed by atoms with Gasteiger partial charge in [0.2, 0.25) is 0 Å². The minimum Gasteiger partial charge on any atom is -0.377 e. The van der Waals surface area contributed by atoms with Crippen LogP contribution in [-0.2, 0) is 11.3 Å². The Balaban J connectivity index is 2.00. The van der Waals surface area contributed by atoms with Crippen LogP contribution in [0.25, 0.3) is 21.3 Å². The van der Waals surface area contributed by atoms with Crippen molar-refractivity contribution in [3.8, 4) is 11.1 Å². The first-order valence-electron chi connectivity index (χ1n) is 7.40. The van der Waals surface area contributed by atoms with Crippen LogP contribution in [0.15, 0.2) is 40.8 Å². The van der Waals surface area contributed by atoms with Crippen molar-refractivity contribution in [1.82, 2.24) is 9.55 Å². The molecule has 3 rings (SSSR count). The molecule has 2 aromatic heterocycles. The van der Waals surface area contributed by atoms with E-state index in [1.54, 1.807) is 23.0 Å². The van der Waals surface area contributed by atoms with Crippen LogP contribution < -0.4 is 5.56 Å². The Hall–Kier alpha value is -2.05. The third-order valence-corrected chi connectivity index (χ3v) is 4.39. The molecule has 0 saturated carbocycles. The highest BCUT2D eigenvalue weighted by Gasteiger charge is 2.13. The molecular formula is C17H17FN2O2S. The number of aromatic nitrogens is 2. The molecule has 0 bridgehead atoms. The molecule has 6 heteroatoms. The van der Waals surface area contributed by atoms with E-state index in [2.05, 4.69) is 4.98 Å². The van der Waals surface area contributed by atoms with Crippen LogP contribution in [0.3, 0.4) is 0 Å². The smallest absolute Gasteiger partial charge is 0.262 e. The number of hydrogen-bond acceptors (Lipinski definition) is 4. The monoisotopic (exact) mass is 332 g/mol. The van der Waals surface area contributed by atoms with Crippen LogP contribution >= 0.6 is 11.3 Å². The van der Waals surface area contributed by atoms with Crippen LogP contribution in [-0.4, -0.2) is 22.3 Å². The molecule has 2 heterocycles. The van der Waals surface area contributed by atoms with Crippen molar-refractivity contribution in [1.29, 1.82) is 0 Å². The molecule has 23 heavy (non-hydrogen) atoms. The Morgan fingerprint density at radius 2 is 2.04 bits per heavy atom. The number of hydrogen-bond donors (Lipinski definition) is 0. The van der Waals surface area contributed by atoms with E-state index in [1.807, 2.05) is 19.2 Å². The molecule has 0 amide bonds. The van der Waals surface area contributed by atoms with Gasteiger partial charge in [0, 0.05) is 10.9 Å². The SMILES string of the molecule is CC(C)OCCn1cnc2scc(-c3ccc(F)cc3)c2c1=O. The molecule has 0 fully saturated rings. The maximum atomic E-state index is 13.1. The van der Waals surface area contributed by atoms with E-state index in [4.69, 9.17) is 4.74 Å². The number of rotatable bonds is 5. The summed E-state index contributed by atoms with van der Waals surface area (Å²) in [5, 5.41) is 2.47. The van der Waals surface area contributed by atoms with Gasteiger partial charge in [0.05, 0.1) is 31.0 Å². The number of nitrogens with zero attached hydrogens (tertiary/aromatic N) is 2. The first kappa shape index (κ1) is 15.8. The van der Waals surface area contributed by atoms with Gasteiger partial charge >= 0.3 is 0 Å². The predicted molar refractivity (Wildman–Crippen MR) is 90.4 cm³/mol. The van der Waals surface area contributed by atoms with E-state index in [1.165, 1.54) is 23.5 Å². The first-order valence-corrected chi connectivity index (χ1v) is 8.28. The Bertz CT molecular complexity index is 868. The maximum Gasteiger partial charge on any atom is 0.262 e. The van der Waals surface area contributed by atoms with Gasteiger partial charge < -0.3 is 4.74 Å². The summed E-state index contributed by atoms with van der Waals surface area (Å²) in [4.78, 5) is 17.8. The van der Waals surface area contributed by atoms with E-state index in [9.17, 15) is 9.18 Å². The van der Waals surface area contributed by atoms with Gasteiger partial charge in [0.1, 0.15) is 10.6 Å². The van der Waals surface area contributed by atoms with Gasteiger partial charge in [-0.1, -0.05) is 12.1 Å². The fourth-order valence-electron chi connectivity index (χ4n) is 2.36. The molecule has 0 aliphatic heterocycles. The Labute approximate surface area is 137 Å². The second-order valence-corrected chi connectivity index (χ2v) is 6.36. The van der Waals surface area contributed by atoms with Crippen molar-refractivity contribution in [3.05, 3.63) is 52.1 Å². The second kappa shape index (κ2) is 6.60. The van der Waals surface area contributed by atoms with Gasteiger partial charge in [-0.3, -0.25) is 9.36 Å². The van der Waals surface area contributed by atoms with Crippen LogP contribution in [0, 0.1) is 5.82 Å². The van der Waals surface area contributed by atoms with Crippen LogP contribution in [0.1, 0.15) is 13.8 Å². The number of thiophene rings is 1. The molecule has 120 valence electrons. The summed E-state index contributed by atoms with van der Waals surface area (Å²) in [6, 6.07) is 6.14.